The highest BCUT2D eigenvalue weighted by atomic mass is 35.5. The molecule has 3 N–H and O–H groups in total. The Morgan fingerprint density at radius 1 is 1.35 bits per heavy atom. The number of aromatic nitrogens is 2. The molecule has 1 aromatic heterocycles. The first-order valence-electron chi connectivity index (χ1n) is 8.06. The van der Waals surface area contributed by atoms with Crippen LogP contribution < -0.4 is 10.6 Å². The highest BCUT2D eigenvalue weighted by Crippen LogP contribution is 2.21. The largest absolute Gasteiger partial charge is 0.392 e. The first kappa shape index (κ1) is 18.2. The first-order valence-corrected chi connectivity index (χ1v) is 8.44. The van der Waals surface area contributed by atoms with Crippen LogP contribution in [-0.4, -0.2) is 33.2 Å². The van der Waals surface area contributed by atoms with E-state index in [1.807, 2.05) is 24.3 Å². The van der Waals surface area contributed by atoms with Crippen molar-refractivity contribution < 1.29 is 14.3 Å². The van der Waals surface area contributed by atoms with Gasteiger partial charge in [0, 0.05) is 12.2 Å². The fourth-order valence-electron chi connectivity index (χ4n) is 2.53. The Labute approximate surface area is 154 Å². The third-order valence-electron chi connectivity index (χ3n) is 3.72. The SMILES string of the molecule is C[C@@H](O)CNc1nc2ccccc2n1CC(=O)Nc1ccc(F)c(Cl)c1. The number of aliphatic hydroxyl groups is 1. The van der Waals surface area contributed by atoms with E-state index in [9.17, 15) is 14.3 Å². The number of carbonyl (C=O) groups excluding carboxylic acids is 1. The molecule has 0 aliphatic rings. The van der Waals surface area contributed by atoms with Gasteiger partial charge in [-0.1, -0.05) is 23.7 Å². The number of rotatable bonds is 6. The summed E-state index contributed by atoms with van der Waals surface area (Å²) in [7, 11) is 0. The maximum absolute atomic E-state index is 13.2. The van der Waals surface area contributed by atoms with Crippen LogP contribution in [-0.2, 0) is 11.3 Å². The number of para-hydroxylation sites is 2. The molecular weight excluding hydrogens is 359 g/mol. The van der Waals surface area contributed by atoms with Crippen LogP contribution in [0.2, 0.25) is 5.02 Å². The highest BCUT2D eigenvalue weighted by molar-refractivity contribution is 6.31. The van der Waals surface area contributed by atoms with Crippen molar-refractivity contribution in [3.8, 4) is 0 Å². The van der Waals surface area contributed by atoms with Crippen LogP contribution in [0.15, 0.2) is 42.5 Å². The smallest absolute Gasteiger partial charge is 0.244 e. The summed E-state index contributed by atoms with van der Waals surface area (Å²) in [6.07, 6.45) is -0.557. The van der Waals surface area contributed by atoms with Crippen molar-refractivity contribution >= 4 is 40.2 Å². The number of nitrogens with one attached hydrogen (secondary N) is 2. The monoisotopic (exact) mass is 376 g/mol. The molecule has 8 heteroatoms. The van der Waals surface area contributed by atoms with E-state index in [1.165, 1.54) is 18.2 Å². The maximum atomic E-state index is 13.2. The molecule has 0 unspecified atom stereocenters. The van der Waals surface area contributed by atoms with Crippen molar-refractivity contribution in [2.45, 2.75) is 19.6 Å². The lowest BCUT2D eigenvalue weighted by atomic mass is 10.3. The van der Waals surface area contributed by atoms with E-state index >= 15 is 0 Å². The fourth-order valence-corrected chi connectivity index (χ4v) is 2.71. The minimum absolute atomic E-state index is 0.00233. The zero-order valence-electron chi connectivity index (χ0n) is 14.0. The van der Waals surface area contributed by atoms with Crippen LogP contribution >= 0.6 is 11.6 Å². The third kappa shape index (κ3) is 4.12. The molecule has 136 valence electrons. The number of aliphatic hydroxyl groups excluding tert-OH is 1. The van der Waals surface area contributed by atoms with Crippen LogP contribution in [0.1, 0.15) is 6.92 Å². The number of imidazole rings is 1. The molecule has 1 amide bonds. The first-order chi connectivity index (χ1) is 12.4. The van der Waals surface area contributed by atoms with Gasteiger partial charge < -0.3 is 20.3 Å². The number of hydrogen-bond acceptors (Lipinski definition) is 4. The molecule has 0 spiro atoms. The van der Waals surface area contributed by atoms with Crippen molar-refractivity contribution in [2.24, 2.45) is 0 Å². The number of hydrogen-bond donors (Lipinski definition) is 3. The summed E-state index contributed by atoms with van der Waals surface area (Å²) in [6.45, 7) is 1.96. The van der Waals surface area contributed by atoms with Crippen LogP contribution in [0.25, 0.3) is 11.0 Å². The van der Waals surface area contributed by atoms with Gasteiger partial charge in [-0.05, 0) is 37.3 Å². The highest BCUT2D eigenvalue weighted by Gasteiger charge is 2.14. The number of nitrogens with zero attached hydrogens (tertiary/aromatic N) is 2. The number of anilines is 2. The van der Waals surface area contributed by atoms with Gasteiger partial charge in [-0.2, -0.15) is 0 Å². The average Bonchev–Trinajstić information content (AvgIpc) is 2.94. The van der Waals surface area contributed by atoms with Crippen molar-refractivity contribution in [3.05, 3.63) is 53.3 Å². The van der Waals surface area contributed by atoms with Gasteiger partial charge in [-0.3, -0.25) is 4.79 Å². The van der Waals surface area contributed by atoms with Crippen LogP contribution in [0, 0.1) is 5.82 Å². The Hall–Kier alpha value is -2.64. The molecule has 6 nitrogen and oxygen atoms in total. The topological polar surface area (TPSA) is 79.2 Å². The van der Waals surface area contributed by atoms with E-state index < -0.39 is 11.9 Å². The second-order valence-electron chi connectivity index (χ2n) is 5.92. The molecule has 0 fully saturated rings. The Bertz CT molecular complexity index is 942. The summed E-state index contributed by atoms with van der Waals surface area (Å²) >= 11 is 5.74. The fraction of sp³-hybridized carbons (Fsp3) is 0.222. The predicted molar refractivity (Wildman–Crippen MR) is 99.9 cm³/mol. The van der Waals surface area contributed by atoms with Gasteiger partial charge in [0.05, 0.1) is 22.2 Å². The predicted octanol–water partition coefficient (Wildman–Crippen LogP) is 3.26. The quantitative estimate of drug-likeness (QED) is 0.617. The Morgan fingerprint density at radius 2 is 2.12 bits per heavy atom. The standard InChI is InChI=1S/C18H18ClFN4O2/c1-11(25)9-21-18-23-15-4-2-3-5-16(15)24(18)10-17(26)22-12-6-7-14(20)13(19)8-12/h2-8,11,25H,9-10H2,1H3,(H,21,23)(H,22,26)/t11-/m1/s1. The number of fused-ring (bicyclic) bond motifs is 1. The van der Waals surface area contributed by atoms with Crippen molar-refractivity contribution in [3.63, 3.8) is 0 Å². The molecule has 0 saturated heterocycles. The Kier molecular flexibility index (Phi) is 5.39. The van der Waals surface area contributed by atoms with Gasteiger partial charge >= 0.3 is 0 Å². The molecule has 0 radical (unpaired) electrons. The van der Waals surface area contributed by atoms with Crippen LogP contribution in [0.5, 0.6) is 0 Å². The third-order valence-corrected chi connectivity index (χ3v) is 4.00. The zero-order valence-corrected chi connectivity index (χ0v) is 14.8. The van der Waals surface area contributed by atoms with E-state index in [1.54, 1.807) is 11.5 Å². The second kappa shape index (κ2) is 7.72. The van der Waals surface area contributed by atoms with Gasteiger partial charge in [0.2, 0.25) is 11.9 Å². The molecule has 0 aliphatic heterocycles. The second-order valence-corrected chi connectivity index (χ2v) is 6.32. The van der Waals surface area contributed by atoms with Gasteiger partial charge in [-0.25, -0.2) is 9.37 Å². The van der Waals surface area contributed by atoms with Crippen LogP contribution in [0.3, 0.4) is 0 Å². The molecular formula is C18H18ClFN4O2. The molecule has 26 heavy (non-hydrogen) atoms. The molecule has 1 heterocycles. The maximum Gasteiger partial charge on any atom is 0.244 e. The summed E-state index contributed by atoms with van der Waals surface area (Å²) in [4.78, 5) is 16.9. The summed E-state index contributed by atoms with van der Waals surface area (Å²) in [5.74, 6) is -0.370. The summed E-state index contributed by atoms with van der Waals surface area (Å²) in [5.41, 5.74) is 1.93. The van der Waals surface area contributed by atoms with E-state index in [2.05, 4.69) is 15.6 Å². The van der Waals surface area contributed by atoms with Gasteiger partial charge in [-0.15, -0.1) is 0 Å². The zero-order chi connectivity index (χ0) is 18.7. The number of halogens is 2. The Balaban J connectivity index is 1.82. The number of amides is 1. The van der Waals surface area contributed by atoms with E-state index in [0.717, 1.165) is 11.0 Å². The van der Waals surface area contributed by atoms with Gasteiger partial charge in [0.1, 0.15) is 12.4 Å². The lowest BCUT2D eigenvalue weighted by molar-refractivity contribution is -0.116. The van der Waals surface area contributed by atoms with Crippen molar-refractivity contribution in [1.82, 2.24) is 9.55 Å². The minimum Gasteiger partial charge on any atom is -0.392 e. The molecule has 1 atom stereocenters. The number of benzene rings is 2. The van der Waals surface area contributed by atoms with Crippen LogP contribution in [0.4, 0.5) is 16.0 Å². The van der Waals surface area contributed by atoms with E-state index in [4.69, 9.17) is 11.6 Å². The summed E-state index contributed by atoms with van der Waals surface area (Å²) < 4.78 is 15.0. The van der Waals surface area contributed by atoms with E-state index in [-0.39, 0.29) is 17.5 Å². The lowest BCUT2D eigenvalue weighted by Gasteiger charge is -2.12. The molecule has 3 rings (SSSR count). The average molecular weight is 377 g/mol. The number of carbonyl (C=O) groups is 1. The summed E-state index contributed by atoms with van der Waals surface area (Å²) in [5, 5.41) is 15.2. The normalized spacial score (nSPS) is 12.2. The molecule has 0 aliphatic carbocycles. The van der Waals surface area contributed by atoms with Gasteiger partial charge in [0.25, 0.3) is 0 Å². The molecule has 2 aromatic carbocycles. The molecule has 0 saturated carbocycles. The lowest BCUT2D eigenvalue weighted by Crippen LogP contribution is -2.22. The van der Waals surface area contributed by atoms with Gasteiger partial charge in [0.15, 0.2) is 0 Å². The van der Waals surface area contributed by atoms with Crippen molar-refractivity contribution in [1.29, 1.82) is 0 Å². The minimum atomic E-state index is -0.557. The molecule has 0 bridgehead atoms. The molecule has 3 aromatic rings. The summed E-state index contributed by atoms with van der Waals surface area (Å²) in [6, 6.07) is 11.4. The van der Waals surface area contributed by atoms with Crippen molar-refractivity contribution in [2.75, 3.05) is 17.2 Å². The Morgan fingerprint density at radius 3 is 2.85 bits per heavy atom. The van der Waals surface area contributed by atoms with E-state index in [0.29, 0.717) is 18.2 Å².